The quantitative estimate of drug-likeness (QED) is 0.347. The van der Waals surface area contributed by atoms with Crippen molar-refractivity contribution in [3.05, 3.63) is 29.8 Å². The van der Waals surface area contributed by atoms with E-state index in [0.29, 0.717) is 30.2 Å². The first kappa shape index (κ1) is 21.0. The van der Waals surface area contributed by atoms with Crippen LogP contribution >= 0.6 is 11.8 Å². The highest BCUT2D eigenvalue weighted by Gasteiger charge is 2.15. The third-order valence-corrected chi connectivity index (χ3v) is 4.07. The summed E-state index contributed by atoms with van der Waals surface area (Å²) in [5.74, 6) is -0.901. The summed E-state index contributed by atoms with van der Waals surface area (Å²) in [7, 11) is 1.56. The van der Waals surface area contributed by atoms with E-state index in [9.17, 15) is 14.4 Å². The van der Waals surface area contributed by atoms with E-state index in [-0.39, 0.29) is 24.2 Å². The number of carbonyl (C=O) groups is 3. The van der Waals surface area contributed by atoms with Crippen LogP contribution in [0.3, 0.4) is 0 Å². The second-order valence-electron chi connectivity index (χ2n) is 5.05. The molecule has 8 heteroatoms. The first-order valence-corrected chi connectivity index (χ1v) is 8.98. The van der Waals surface area contributed by atoms with E-state index in [1.807, 2.05) is 6.92 Å². The largest absolute Gasteiger partial charge is 0.452 e. The van der Waals surface area contributed by atoms with Crippen LogP contribution in [0.1, 0.15) is 23.7 Å². The first-order chi connectivity index (χ1) is 12.1. The van der Waals surface area contributed by atoms with E-state index in [1.54, 1.807) is 31.4 Å². The molecule has 0 radical (unpaired) electrons. The number of hydrogen-bond donors (Lipinski definition) is 2. The average molecular weight is 368 g/mol. The lowest BCUT2D eigenvalue weighted by atomic mass is 10.2. The van der Waals surface area contributed by atoms with Crippen molar-refractivity contribution in [2.45, 2.75) is 18.2 Å². The molecule has 0 saturated carbocycles. The minimum Gasteiger partial charge on any atom is -0.452 e. The highest BCUT2D eigenvalue weighted by molar-refractivity contribution is 8.00. The fourth-order valence-electron chi connectivity index (χ4n) is 1.77. The predicted molar refractivity (Wildman–Crippen MR) is 95.6 cm³/mol. The number of hydrogen-bond acceptors (Lipinski definition) is 6. The number of rotatable bonds is 11. The second-order valence-corrected chi connectivity index (χ2v) is 6.07. The average Bonchev–Trinajstić information content (AvgIpc) is 2.63. The maximum absolute atomic E-state index is 12.2. The molecule has 1 aromatic carbocycles. The van der Waals surface area contributed by atoms with E-state index >= 15 is 0 Å². The molecule has 2 N–H and O–H groups in total. The zero-order chi connectivity index (χ0) is 18.5. The van der Waals surface area contributed by atoms with Crippen molar-refractivity contribution >= 4 is 29.5 Å². The van der Waals surface area contributed by atoms with Gasteiger partial charge in [-0.25, -0.2) is 4.79 Å². The van der Waals surface area contributed by atoms with Crippen molar-refractivity contribution in [2.75, 3.05) is 39.2 Å². The van der Waals surface area contributed by atoms with Gasteiger partial charge in [0.25, 0.3) is 5.91 Å². The van der Waals surface area contributed by atoms with Crippen LogP contribution in [0.25, 0.3) is 0 Å². The fraction of sp³-hybridized carbons (Fsp3) is 0.471. The van der Waals surface area contributed by atoms with Crippen LogP contribution in [0.4, 0.5) is 0 Å². The minimum absolute atomic E-state index is 0.149. The molecular formula is C17H24N2O5S. The normalized spacial score (nSPS) is 10.2. The fourth-order valence-corrected chi connectivity index (χ4v) is 2.64. The Morgan fingerprint density at radius 3 is 2.52 bits per heavy atom. The summed E-state index contributed by atoms with van der Waals surface area (Å²) in [6.07, 6.45) is 0.811. The Bertz CT molecular complexity index is 580. The monoisotopic (exact) mass is 368 g/mol. The molecule has 0 fully saturated rings. The highest BCUT2D eigenvalue weighted by Crippen LogP contribution is 2.23. The van der Waals surface area contributed by atoms with Crippen molar-refractivity contribution in [1.82, 2.24) is 10.6 Å². The lowest BCUT2D eigenvalue weighted by Gasteiger charge is -2.10. The van der Waals surface area contributed by atoms with Crippen molar-refractivity contribution in [3.8, 4) is 0 Å². The molecule has 2 amide bonds. The second kappa shape index (κ2) is 12.3. The number of benzene rings is 1. The smallest absolute Gasteiger partial charge is 0.339 e. The predicted octanol–water partition coefficient (Wildman–Crippen LogP) is 1.22. The summed E-state index contributed by atoms with van der Waals surface area (Å²) >= 11 is 1.24. The molecule has 0 heterocycles. The lowest BCUT2D eigenvalue weighted by Crippen LogP contribution is -2.29. The van der Waals surface area contributed by atoms with Gasteiger partial charge in [-0.05, 0) is 18.6 Å². The van der Waals surface area contributed by atoms with Crippen molar-refractivity contribution in [3.63, 3.8) is 0 Å². The van der Waals surface area contributed by atoms with Crippen LogP contribution in [-0.4, -0.2) is 56.9 Å². The number of ether oxygens (including phenoxy) is 2. The van der Waals surface area contributed by atoms with Crippen molar-refractivity contribution in [1.29, 1.82) is 0 Å². The van der Waals surface area contributed by atoms with Gasteiger partial charge < -0.3 is 20.1 Å². The third kappa shape index (κ3) is 8.55. The van der Waals surface area contributed by atoms with Gasteiger partial charge >= 0.3 is 5.97 Å². The Balaban J connectivity index is 2.53. The number of methoxy groups -OCH3 is 1. The summed E-state index contributed by atoms with van der Waals surface area (Å²) in [4.78, 5) is 36.0. The molecule has 138 valence electrons. The van der Waals surface area contributed by atoms with E-state index < -0.39 is 5.97 Å². The van der Waals surface area contributed by atoms with Crippen LogP contribution < -0.4 is 10.6 Å². The molecule has 25 heavy (non-hydrogen) atoms. The molecule has 7 nitrogen and oxygen atoms in total. The topological polar surface area (TPSA) is 93.7 Å². The summed E-state index contributed by atoms with van der Waals surface area (Å²) < 4.78 is 9.89. The molecule has 0 aliphatic carbocycles. The summed E-state index contributed by atoms with van der Waals surface area (Å²) in [5, 5.41) is 5.34. The minimum atomic E-state index is -0.588. The van der Waals surface area contributed by atoms with Crippen molar-refractivity contribution < 1.29 is 23.9 Å². The number of thioether (sulfide) groups is 1. The lowest BCUT2D eigenvalue weighted by molar-refractivity contribution is -0.124. The summed E-state index contributed by atoms with van der Waals surface area (Å²) in [6.45, 7) is 3.04. The summed E-state index contributed by atoms with van der Waals surface area (Å²) in [5.41, 5.74) is 0.334. The molecular weight excluding hydrogens is 344 g/mol. The van der Waals surface area contributed by atoms with Crippen LogP contribution in [0.2, 0.25) is 0 Å². The van der Waals surface area contributed by atoms with E-state index in [4.69, 9.17) is 9.47 Å². The first-order valence-electron chi connectivity index (χ1n) is 7.99. The maximum atomic E-state index is 12.2. The maximum Gasteiger partial charge on any atom is 0.339 e. The number of esters is 1. The number of amides is 2. The van der Waals surface area contributed by atoms with Crippen LogP contribution in [-0.2, 0) is 19.1 Å². The molecule has 0 saturated heterocycles. The zero-order valence-corrected chi connectivity index (χ0v) is 15.3. The summed E-state index contributed by atoms with van der Waals surface area (Å²) in [6, 6.07) is 6.82. The van der Waals surface area contributed by atoms with E-state index in [2.05, 4.69) is 10.6 Å². The van der Waals surface area contributed by atoms with Crippen LogP contribution in [0, 0.1) is 0 Å². The molecule has 1 aromatic rings. The van der Waals surface area contributed by atoms with Gasteiger partial charge in [0.15, 0.2) is 6.61 Å². The van der Waals surface area contributed by atoms with Gasteiger partial charge in [-0.3, -0.25) is 9.59 Å². The van der Waals surface area contributed by atoms with E-state index in [0.717, 1.165) is 6.42 Å². The van der Waals surface area contributed by atoms with Gasteiger partial charge in [-0.15, -0.1) is 11.8 Å². The molecule has 0 unspecified atom stereocenters. The molecule has 0 aliphatic rings. The molecule has 1 rings (SSSR count). The molecule has 0 atom stereocenters. The van der Waals surface area contributed by atoms with Crippen LogP contribution in [0.5, 0.6) is 0 Å². The van der Waals surface area contributed by atoms with Gasteiger partial charge in [-0.2, -0.15) is 0 Å². The SMILES string of the molecule is CCCNC(=O)COC(=O)c1ccccc1SCC(=O)NCCOC. The van der Waals surface area contributed by atoms with Crippen LogP contribution in [0.15, 0.2) is 29.2 Å². The Morgan fingerprint density at radius 2 is 1.80 bits per heavy atom. The van der Waals surface area contributed by atoms with E-state index in [1.165, 1.54) is 11.8 Å². The molecule has 0 aromatic heterocycles. The number of nitrogens with one attached hydrogen (secondary N) is 2. The van der Waals surface area contributed by atoms with Gasteiger partial charge in [0.2, 0.25) is 5.91 Å². The molecule has 0 spiro atoms. The Hall–Kier alpha value is -2.06. The van der Waals surface area contributed by atoms with Gasteiger partial charge in [-0.1, -0.05) is 19.1 Å². The zero-order valence-electron chi connectivity index (χ0n) is 14.5. The van der Waals surface area contributed by atoms with Gasteiger partial charge in [0, 0.05) is 25.1 Å². The Morgan fingerprint density at radius 1 is 1.08 bits per heavy atom. The molecule has 0 aliphatic heterocycles. The highest BCUT2D eigenvalue weighted by atomic mass is 32.2. The van der Waals surface area contributed by atoms with Gasteiger partial charge in [0.1, 0.15) is 0 Å². The third-order valence-electron chi connectivity index (χ3n) is 3.00. The Labute approximate surface area is 151 Å². The Kier molecular flexibility index (Phi) is 10.3. The standard InChI is InChI=1S/C17H24N2O5S/c1-3-8-18-15(20)11-24-17(22)13-6-4-5-7-14(13)25-12-16(21)19-9-10-23-2/h4-7H,3,8-12H2,1-2H3,(H,18,20)(H,19,21). The number of carbonyl (C=O) groups excluding carboxylic acids is 3. The van der Waals surface area contributed by atoms with Crippen molar-refractivity contribution in [2.24, 2.45) is 0 Å². The van der Waals surface area contributed by atoms with Gasteiger partial charge in [0.05, 0.1) is 17.9 Å². The molecule has 0 bridgehead atoms.